The maximum atomic E-state index is 11.7. The van der Waals surface area contributed by atoms with E-state index in [9.17, 15) is 4.79 Å². The lowest BCUT2D eigenvalue weighted by atomic mass is 10.2. The highest BCUT2D eigenvalue weighted by Crippen LogP contribution is 2.32. The normalized spacial score (nSPS) is 10.8. The monoisotopic (exact) mass is 304 g/mol. The molecule has 0 aliphatic carbocycles. The van der Waals surface area contributed by atoms with Gasteiger partial charge in [0.05, 0.1) is 22.3 Å². The summed E-state index contributed by atoms with van der Waals surface area (Å²) in [6, 6.07) is 6.97. The molecule has 7 heteroatoms. The van der Waals surface area contributed by atoms with E-state index in [1.165, 1.54) is 18.1 Å². The molecule has 20 heavy (non-hydrogen) atoms. The Hall–Kier alpha value is -2.05. The Bertz CT molecular complexity index is 832. The number of nitrogens with zero attached hydrogens (tertiary/aromatic N) is 2. The zero-order valence-electron chi connectivity index (χ0n) is 10.1. The predicted octanol–water partition coefficient (Wildman–Crippen LogP) is 2.70. The van der Waals surface area contributed by atoms with E-state index in [0.29, 0.717) is 21.6 Å². The van der Waals surface area contributed by atoms with Crippen molar-refractivity contribution < 1.29 is 0 Å². The molecule has 2 aromatic heterocycles. The Kier molecular flexibility index (Phi) is 3.33. The van der Waals surface area contributed by atoms with Gasteiger partial charge in [-0.25, -0.2) is 9.97 Å². The molecule has 0 aliphatic rings. The van der Waals surface area contributed by atoms with E-state index in [1.807, 2.05) is 6.07 Å². The van der Waals surface area contributed by atoms with Crippen LogP contribution in [0.5, 0.6) is 0 Å². The maximum Gasteiger partial charge on any atom is 0.258 e. The van der Waals surface area contributed by atoms with Gasteiger partial charge in [-0.3, -0.25) is 4.79 Å². The minimum absolute atomic E-state index is 0.206. The number of nitrogens with one attached hydrogen (secondary N) is 1. The third-order valence-electron chi connectivity index (χ3n) is 2.69. The molecular formula is C13H9ClN4OS. The fourth-order valence-corrected chi connectivity index (χ4v) is 2.66. The Morgan fingerprint density at radius 1 is 1.25 bits per heavy atom. The Morgan fingerprint density at radius 2 is 2.10 bits per heavy atom. The van der Waals surface area contributed by atoms with Crippen molar-refractivity contribution in [2.75, 3.05) is 5.73 Å². The smallest absolute Gasteiger partial charge is 0.258 e. The minimum atomic E-state index is -0.206. The number of halogens is 1. The molecule has 3 aromatic rings. The van der Waals surface area contributed by atoms with Gasteiger partial charge in [0.15, 0.2) is 0 Å². The fourth-order valence-electron chi connectivity index (χ4n) is 1.74. The first kappa shape index (κ1) is 13.0. The predicted molar refractivity (Wildman–Crippen MR) is 80.1 cm³/mol. The zero-order valence-corrected chi connectivity index (χ0v) is 11.7. The number of hydrogen-bond acceptors (Lipinski definition) is 5. The molecule has 0 radical (unpaired) electrons. The van der Waals surface area contributed by atoms with Crippen LogP contribution in [0.25, 0.3) is 10.9 Å². The standard InChI is InChI=1S/C13H9ClN4OS/c14-7-1-2-12(16-5-7)20-11-4-10-8(3-9(11)15)13(19)18-6-17-10/h1-6H,15H2,(H,17,18,19). The molecule has 100 valence electrons. The summed E-state index contributed by atoms with van der Waals surface area (Å²) in [5.41, 5.74) is 6.88. The van der Waals surface area contributed by atoms with Crippen molar-refractivity contribution in [1.29, 1.82) is 0 Å². The lowest BCUT2D eigenvalue weighted by Gasteiger charge is -2.06. The second-order valence-corrected chi connectivity index (χ2v) is 5.55. The molecule has 0 amide bonds. The summed E-state index contributed by atoms with van der Waals surface area (Å²) < 4.78 is 0. The molecule has 0 spiro atoms. The Labute approximate surface area is 123 Å². The first-order chi connectivity index (χ1) is 9.63. The van der Waals surface area contributed by atoms with Gasteiger partial charge in [0.2, 0.25) is 0 Å². The molecule has 0 unspecified atom stereocenters. The van der Waals surface area contributed by atoms with Crippen molar-refractivity contribution in [2.24, 2.45) is 0 Å². The number of aromatic nitrogens is 3. The number of nitrogen functional groups attached to an aromatic ring is 1. The van der Waals surface area contributed by atoms with E-state index in [2.05, 4.69) is 15.0 Å². The molecular weight excluding hydrogens is 296 g/mol. The summed E-state index contributed by atoms with van der Waals surface area (Å²) in [6.07, 6.45) is 2.94. The molecule has 5 nitrogen and oxygen atoms in total. The SMILES string of the molecule is Nc1cc2c(=O)[nH]cnc2cc1Sc1ccc(Cl)cn1. The average molecular weight is 305 g/mol. The van der Waals surface area contributed by atoms with Crippen LogP contribution < -0.4 is 11.3 Å². The van der Waals surface area contributed by atoms with Crippen LogP contribution in [0.4, 0.5) is 5.69 Å². The largest absolute Gasteiger partial charge is 0.398 e. The van der Waals surface area contributed by atoms with Crippen LogP contribution in [0.1, 0.15) is 0 Å². The highest BCUT2D eigenvalue weighted by atomic mass is 35.5. The van der Waals surface area contributed by atoms with E-state index in [4.69, 9.17) is 17.3 Å². The fraction of sp³-hybridized carbons (Fsp3) is 0. The molecule has 0 fully saturated rings. The highest BCUT2D eigenvalue weighted by Gasteiger charge is 2.08. The van der Waals surface area contributed by atoms with Gasteiger partial charge in [-0.05, 0) is 24.3 Å². The van der Waals surface area contributed by atoms with E-state index in [-0.39, 0.29) is 5.56 Å². The molecule has 2 heterocycles. The van der Waals surface area contributed by atoms with Gasteiger partial charge in [0.1, 0.15) is 5.03 Å². The van der Waals surface area contributed by atoms with Crippen LogP contribution in [0, 0.1) is 0 Å². The summed E-state index contributed by atoms with van der Waals surface area (Å²) in [6.45, 7) is 0. The highest BCUT2D eigenvalue weighted by molar-refractivity contribution is 7.99. The van der Waals surface area contributed by atoms with E-state index in [1.54, 1.807) is 24.4 Å². The maximum absolute atomic E-state index is 11.7. The molecule has 3 rings (SSSR count). The van der Waals surface area contributed by atoms with Crippen LogP contribution in [0.2, 0.25) is 5.02 Å². The molecule has 0 atom stereocenters. The Balaban J connectivity index is 2.05. The minimum Gasteiger partial charge on any atom is -0.398 e. The first-order valence-corrected chi connectivity index (χ1v) is 6.89. The van der Waals surface area contributed by atoms with Crippen molar-refractivity contribution in [2.45, 2.75) is 9.92 Å². The van der Waals surface area contributed by atoms with Gasteiger partial charge >= 0.3 is 0 Å². The van der Waals surface area contributed by atoms with E-state index >= 15 is 0 Å². The summed E-state index contributed by atoms with van der Waals surface area (Å²) in [5, 5.41) is 1.82. The number of benzene rings is 1. The lowest BCUT2D eigenvalue weighted by Crippen LogP contribution is -2.07. The van der Waals surface area contributed by atoms with Crippen molar-refractivity contribution in [3.63, 3.8) is 0 Å². The Morgan fingerprint density at radius 3 is 2.85 bits per heavy atom. The third-order valence-corrected chi connectivity index (χ3v) is 3.93. The van der Waals surface area contributed by atoms with Gasteiger partial charge in [0, 0.05) is 16.8 Å². The van der Waals surface area contributed by atoms with Crippen LogP contribution >= 0.6 is 23.4 Å². The van der Waals surface area contributed by atoms with Crippen LogP contribution in [0.15, 0.2) is 51.5 Å². The van der Waals surface area contributed by atoms with Crippen molar-refractivity contribution in [1.82, 2.24) is 15.0 Å². The number of pyridine rings is 1. The second-order valence-electron chi connectivity index (χ2n) is 4.06. The third kappa shape index (κ3) is 2.48. The molecule has 0 aliphatic heterocycles. The van der Waals surface area contributed by atoms with E-state index in [0.717, 1.165) is 9.92 Å². The number of rotatable bonds is 2. The topological polar surface area (TPSA) is 84.7 Å². The van der Waals surface area contributed by atoms with Crippen LogP contribution in [-0.4, -0.2) is 15.0 Å². The molecule has 0 saturated heterocycles. The molecule has 1 aromatic carbocycles. The summed E-state index contributed by atoms with van der Waals surface area (Å²) in [4.78, 5) is 23.3. The summed E-state index contributed by atoms with van der Waals surface area (Å²) >= 11 is 7.19. The summed E-state index contributed by atoms with van der Waals surface area (Å²) in [5.74, 6) is 0. The zero-order chi connectivity index (χ0) is 14.1. The number of H-pyrrole nitrogens is 1. The summed E-state index contributed by atoms with van der Waals surface area (Å²) in [7, 11) is 0. The van der Waals surface area contributed by atoms with Crippen LogP contribution in [0.3, 0.4) is 0 Å². The van der Waals surface area contributed by atoms with E-state index < -0.39 is 0 Å². The molecule has 0 bridgehead atoms. The molecule has 3 N–H and O–H groups in total. The van der Waals surface area contributed by atoms with Crippen molar-refractivity contribution in [3.8, 4) is 0 Å². The lowest BCUT2D eigenvalue weighted by molar-refractivity contribution is 1.13. The quantitative estimate of drug-likeness (QED) is 0.711. The van der Waals surface area contributed by atoms with Gasteiger partial charge < -0.3 is 10.7 Å². The number of aromatic amines is 1. The number of nitrogens with two attached hydrogens (primary N) is 1. The van der Waals surface area contributed by atoms with Gasteiger partial charge in [-0.15, -0.1) is 0 Å². The first-order valence-electron chi connectivity index (χ1n) is 5.70. The van der Waals surface area contributed by atoms with Crippen molar-refractivity contribution in [3.05, 3.63) is 52.2 Å². The second kappa shape index (κ2) is 5.15. The number of hydrogen-bond donors (Lipinski definition) is 2. The van der Waals surface area contributed by atoms with Gasteiger partial charge in [0.25, 0.3) is 5.56 Å². The number of fused-ring (bicyclic) bond motifs is 1. The van der Waals surface area contributed by atoms with Gasteiger partial charge in [-0.1, -0.05) is 23.4 Å². The average Bonchev–Trinajstić information content (AvgIpc) is 2.43. The van der Waals surface area contributed by atoms with Crippen LogP contribution in [-0.2, 0) is 0 Å². The van der Waals surface area contributed by atoms with Crippen molar-refractivity contribution >= 4 is 40.0 Å². The van der Waals surface area contributed by atoms with Gasteiger partial charge in [-0.2, -0.15) is 0 Å². The molecule has 0 saturated carbocycles. The number of anilines is 1.